The molecule has 2 N–H and O–H groups in total. The third kappa shape index (κ3) is 2.27. The molecule has 0 saturated carbocycles. The van der Waals surface area contributed by atoms with Crippen molar-refractivity contribution in [3.8, 4) is 10.4 Å². The predicted molar refractivity (Wildman–Crippen MR) is 82.3 cm³/mol. The third-order valence-corrected chi connectivity index (χ3v) is 4.59. The molecule has 0 radical (unpaired) electrons. The summed E-state index contributed by atoms with van der Waals surface area (Å²) in [5.41, 5.74) is 8.37. The average molecular weight is 268 g/mol. The molecule has 96 valence electrons. The van der Waals surface area contributed by atoms with Crippen molar-refractivity contribution in [2.45, 2.75) is 19.4 Å². The normalized spacial score (nSPS) is 12.7. The lowest BCUT2D eigenvalue weighted by molar-refractivity contribution is 0.712. The first kappa shape index (κ1) is 12.3. The average Bonchev–Trinajstić information content (AvgIpc) is 2.95. The monoisotopic (exact) mass is 268 g/mol. The molecule has 3 heteroatoms. The maximum absolute atomic E-state index is 6.10. The van der Waals surface area contributed by atoms with Crippen LogP contribution < -0.4 is 5.73 Å². The highest BCUT2D eigenvalue weighted by molar-refractivity contribution is 7.15. The van der Waals surface area contributed by atoms with Gasteiger partial charge in [-0.05, 0) is 30.7 Å². The number of fused-ring (bicyclic) bond motifs is 1. The summed E-state index contributed by atoms with van der Waals surface area (Å²) < 4.78 is 0. The Balaban J connectivity index is 2.12. The number of hydrogen-bond acceptors (Lipinski definition) is 3. The Bertz CT molecular complexity index is 697. The lowest BCUT2D eigenvalue weighted by Gasteiger charge is -2.05. The molecule has 0 aliphatic carbocycles. The van der Waals surface area contributed by atoms with Crippen LogP contribution in [0.25, 0.3) is 21.3 Å². The van der Waals surface area contributed by atoms with Gasteiger partial charge < -0.3 is 5.73 Å². The van der Waals surface area contributed by atoms with Crippen LogP contribution in [0.2, 0.25) is 0 Å². The molecule has 0 bridgehead atoms. The molecular formula is C16H16N2S. The molecule has 1 aromatic carbocycles. The van der Waals surface area contributed by atoms with Gasteiger partial charge in [0.25, 0.3) is 0 Å². The van der Waals surface area contributed by atoms with Gasteiger partial charge in [-0.15, -0.1) is 11.3 Å². The SMILES string of the molecule is CCC(N)c1ccc(-c2cccc3ncccc23)s1. The number of pyridine rings is 1. The van der Waals surface area contributed by atoms with E-state index in [0.717, 1.165) is 11.9 Å². The minimum atomic E-state index is 0.145. The molecule has 3 rings (SSSR count). The second-order valence-corrected chi connectivity index (χ2v) is 5.71. The minimum Gasteiger partial charge on any atom is -0.323 e. The highest BCUT2D eigenvalue weighted by Crippen LogP contribution is 2.35. The zero-order valence-corrected chi connectivity index (χ0v) is 11.7. The van der Waals surface area contributed by atoms with E-state index in [1.807, 2.05) is 18.3 Å². The van der Waals surface area contributed by atoms with E-state index in [9.17, 15) is 0 Å². The number of rotatable bonds is 3. The van der Waals surface area contributed by atoms with Gasteiger partial charge in [0.2, 0.25) is 0 Å². The Morgan fingerprint density at radius 2 is 2.05 bits per heavy atom. The van der Waals surface area contributed by atoms with Crippen LogP contribution in [0.4, 0.5) is 0 Å². The molecular weight excluding hydrogens is 252 g/mol. The van der Waals surface area contributed by atoms with E-state index in [1.54, 1.807) is 11.3 Å². The standard InChI is InChI=1S/C16H16N2S/c1-2-13(17)16-9-8-15(19-16)12-5-3-7-14-11(12)6-4-10-18-14/h3-10,13H,2,17H2,1H3. The van der Waals surface area contributed by atoms with E-state index < -0.39 is 0 Å². The molecule has 19 heavy (non-hydrogen) atoms. The van der Waals surface area contributed by atoms with Crippen molar-refractivity contribution in [2.75, 3.05) is 0 Å². The minimum absolute atomic E-state index is 0.145. The molecule has 0 fully saturated rings. The van der Waals surface area contributed by atoms with Crippen LogP contribution in [0.5, 0.6) is 0 Å². The number of nitrogens with zero attached hydrogens (tertiary/aromatic N) is 1. The van der Waals surface area contributed by atoms with Crippen LogP contribution in [0.1, 0.15) is 24.3 Å². The Labute approximate surface area is 116 Å². The van der Waals surface area contributed by atoms with Crippen molar-refractivity contribution in [1.29, 1.82) is 0 Å². The Hall–Kier alpha value is -1.71. The highest BCUT2D eigenvalue weighted by atomic mass is 32.1. The summed E-state index contributed by atoms with van der Waals surface area (Å²) in [5, 5.41) is 1.20. The quantitative estimate of drug-likeness (QED) is 0.766. The number of benzene rings is 1. The van der Waals surface area contributed by atoms with E-state index in [2.05, 4.69) is 42.2 Å². The molecule has 2 aromatic heterocycles. The van der Waals surface area contributed by atoms with Crippen LogP contribution in [-0.2, 0) is 0 Å². The zero-order valence-electron chi connectivity index (χ0n) is 10.8. The first-order chi connectivity index (χ1) is 9.29. The molecule has 0 saturated heterocycles. The van der Waals surface area contributed by atoms with Crippen molar-refractivity contribution in [3.05, 3.63) is 53.5 Å². The van der Waals surface area contributed by atoms with Crippen LogP contribution >= 0.6 is 11.3 Å². The fourth-order valence-corrected chi connectivity index (χ4v) is 3.35. The van der Waals surface area contributed by atoms with E-state index >= 15 is 0 Å². The third-order valence-electron chi connectivity index (χ3n) is 3.34. The number of nitrogens with two attached hydrogens (primary N) is 1. The van der Waals surface area contributed by atoms with Gasteiger partial charge in [-0.1, -0.05) is 25.1 Å². The van der Waals surface area contributed by atoms with Gasteiger partial charge >= 0.3 is 0 Å². The molecule has 1 unspecified atom stereocenters. The van der Waals surface area contributed by atoms with E-state index in [4.69, 9.17) is 5.73 Å². The molecule has 0 aliphatic rings. The molecule has 0 spiro atoms. The van der Waals surface area contributed by atoms with Crippen LogP contribution in [-0.4, -0.2) is 4.98 Å². The summed E-state index contributed by atoms with van der Waals surface area (Å²) in [6.45, 7) is 2.12. The van der Waals surface area contributed by atoms with Gasteiger partial charge in [0, 0.05) is 32.9 Å². The molecule has 1 atom stereocenters. The number of hydrogen-bond donors (Lipinski definition) is 1. The summed E-state index contributed by atoms with van der Waals surface area (Å²) in [4.78, 5) is 6.92. The molecule has 3 aromatic rings. The van der Waals surface area contributed by atoms with Gasteiger partial charge in [-0.3, -0.25) is 4.98 Å². The first-order valence-corrected chi connectivity index (χ1v) is 7.30. The number of thiophene rings is 1. The van der Waals surface area contributed by atoms with Gasteiger partial charge in [0.1, 0.15) is 0 Å². The lowest BCUT2D eigenvalue weighted by atomic mass is 10.1. The highest BCUT2D eigenvalue weighted by Gasteiger charge is 2.10. The topological polar surface area (TPSA) is 38.9 Å². The van der Waals surface area contributed by atoms with Crippen LogP contribution in [0, 0.1) is 0 Å². The lowest BCUT2D eigenvalue weighted by Crippen LogP contribution is -2.05. The van der Waals surface area contributed by atoms with Gasteiger partial charge in [-0.2, -0.15) is 0 Å². The Morgan fingerprint density at radius 3 is 2.89 bits per heavy atom. The first-order valence-electron chi connectivity index (χ1n) is 6.49. The van der Waals surface area contributed by atoms with Crippen molar-refractivity contribution >= 4 is 22.2 Å². The second kappa shape index (κ2) is 5.11. The van der Waals surface area contributed by atoms with Gasteiger partial charge in [0.15, 0.2) is 0 Å². The van der Waals surface area contributed by atoms with Crippen LogP contribution in [0.15, 0.2) is 48.7 Å². The Morgan fingerprint density at radius 1 is 1.16 bits per heavy atom. The molecule has 0 amide bonds. The molecule has 2 heterocycles. The molecule has 0 aliphatic heterocycles. The van der Waals surface area contributed by atoms with Gasteiger partial charge in [0.05, 0.1) is 5.52 Å². The van der Waals surface area contributed by atoms with Gasteiger partial charge in [-0.25, -0.2) is 0 Å². The summed E-state index contributed by atoms with van der Waals surface area (Å²) in [5.74, 6) is 0. The smallest absolute Gasteiger partial charge is 0.0708 e. The van der Waals surface area contributed by atoms with Crippen molar-refractivity contribution in [2.24, 2.45) is 5.73 Å². The predicted octanol–water partition coefficient (Wildman–Crippen LogP) is 4.37. The number of aromatic nitrogens is 1. The molecule has 2 nitrogen and oxygen atoms in total. The second-order valence-electron chi connectivity index (χ2n) is 4.59. The summed E-state index contributed by atoms with van der Waals surface area (Å²) in [7, 11) is 0. The van der Waals surface area contributed by atoms with E-state index in [-0.39, 0.29) is 6.04 Å². The fourth-order valence-electron chi connectivity index (χ4n) is 2.22. The summed E-state index contributed by atoms with van der Waals surface area (Å²) >= 11 is 1.78. The largest absolute Gasteiger partial charge is 0.323 e. The zero-order chi connectivity index (χ0) is 13.2. The Kier molecular flexibility index (Phi) is 3.32. The maximum Gasteiger partial charge on any atom is 0.0708 e. The summed E-state index contributed by atoms with van der Waals surface area (Å²) in [6.07, 6.45) is 2.80. The van der Waals surface area contributed by atoms with Crippen molar-refractivity contribution in [1.82, 2.24) is 4.98 Å². The van der Waals surface area contributed by atoms with Crippen molar-refractivity contribution in [3.63, 3.8) is 0 Å². The summed E-state index contributed by atoms with van der Waals surface area (Å²) in [6, 6.07) is 14.8. The fraction of sp³-hybridized carbons (Fsp3) is 0.188. The van der Waals surface area contributed by atoms with Crippen molar-refractivity contribution < 1.29 is 0 Å². The van der Waals surface area contributed by atoms with E-state index in [1.165, 1.54) is 20.7 Å². The van der Waals surface area contributed by atoms with Crippen LogP contribution in [0.3, 0.4) is 0 Å². The maximum atomic E-state index is 6.10. The van der Waals surface area contributed by atoms with E-state index in [0.29, 0.717) is 0 Å².